The van der Waals surface area contributed by atoms with Gasteiger partial charge in [0.05, 0.1) is 5.75 Å². The summed E-state index contributed by atoms with van der Waals surface area (Å²) in [5, 5.41) is 21.6. The molecule has 1 saturated carbocycles. The van der Waals surface area contributed by atoms with E-state index in [0.29, 0.717) is 28.6 Å². The number of nitrogens with zero attached hydrogens (tertiary/aromatic N) is 6. The van der Waals surface area contributed by atoms with Crippen LogP contribution in [0.1, 0.15) is 23.8 Å². The van der Waals surface area contributed by atoms with Gasteiger partial charge in [0.15, 0.2) is 11.0 Å². The van der Waals surface area contributed by atoms with Crippen molar-refractivity contribution >= 4 is 34.1 Å². The summed E-state index contributed by atoms with van der Waals surface area (Å²) in [4.78, 5) is 16.4. The monoisotopic (exact) mass is 399 g/mol. The molecular weight excluding hydrogens is 382 g/mol. The van der Waals surface area contributed by atoms with Gasteiger partial charge in [0.25, 0.3) is 0 Å². The zero-order chi connectivity index (χ0) is 18.6. The number of anilines is 1. The minimum atomic E-state index is -0.144. The van der Waals surface area contributed by atoms with Crippen molar-refractivity contribution in [1.82, 2.24) is 29.9 Å². The van der Waals surface area contributed by atoms with Gasteiger partial charge < -0.3 is 0 Å². The fraction of sp³-hybridized carbons (Fsp3) is 0.294. The van der Waals surface area contributed by atoms with E-state index in [1.807, 2.05) is 16.7 Å². The summed E-state index contributed by atoms with van der Waals surface area (Å²) < 4.78 is 1.91. The largest absolute Gasteiger partial charge is 0.300 e. The van der Waals surface area contributed by atoms with Crippen molar-refractivity contribution in [2.75, 3.05) is 11.1 Å². The highest BCUT2D eigenvalue weighted by atomic mass is 32.2. The molecule has 0 spiro atoms. The van der Waals surface area contributed by atoms with E-state index >= 15 is 0 Å². The molecule has 1 N–H and O–H groups in total. The van der Waals surface area contributed by atoms with Gasteiger partial charge in [-0.15, -0.1) is 27.0 Å². The Morgan fingerprint density at radius 3 is 3.00 bits per heavy atom. The standard InChI is InChI=1S/C17H17N7OS2/c1-2-8-24-14(12-4-3-7-18-9-12)20-23-17(24)26-10-13(25)19-16-22-21-15(27-16)11-5-6-11/h2-4,7,9,11H,1,5-6,8,10H2,(H,19,22,25). The molecule has 8 nitrogen and oxygen atoms in total. The minimum absolute atomic E-state index is 0.144. The Balaban J connectivity index is 1.41. The molecule has 0 aliphatic heterocycles. The minimum Gasteiger partial charge on any atom is -0.300 e. The lowest BCUT2D eigenvalue weighted by molar-refractivity contribution is -0.113. The van der Waals surface area contributed by atoms with Crippen molar-refractivity contribution in [3.63, 3.8) is 0 Å². The molecule has 0 saturated heterocycles. The number of thioether (sulfide) groups is 1. The summed E-state index contributed by atoms with van der Waals surface area (Å²) >= 11 is 2.77. The predicted molar refractivity (Wildman–Crippen MR) is 105 cm³/mol. The molecule has 3 aromatic heterocycles. The van der Waals surface area contributed by atoms with Crippen molar-refractivity contribution in [1.29, 1.82) is 0 Å². The average Bonchev–Trinajstić information content (AvgIpc) is 3.31. The van der Waals surface area contributed by atoms with Gasteiger partial charge in [-0.05, 0) is 25.0 Å². The van der Waals surface area contributed by atoms with Gasteiger partial charge in [0.1, 0.15) is 5.01 Å². The number of hydrogen-bond acceptors (Lipinski definition) is 8. The third-order valence-corrected chi connectivity index (χ3v) is 5.86. The SMILES string of the molecule is C=CCn1c(SCC(=O)Nc2nnc(C3CC3)s2)nnc1-c1cccnc1. The molecule has 138 valence electrons. The second-order valence-electron chi connectivity index (χ2n) is 6.00. The first kappa shape index (κ1) is 17.8. The molecule has 27 heavy (non-hydrogen) atoms. The van der Waals surface area contributed by atoms with Crippen LogP contribution in [0.4, 0.5) is 5.13 Å². The van der Waals surface area contributed by atoms with Crippen LogP contribution in [0.25, 0.3) is 11.4 Å². The van der Waals surface area contributed by atoms with Crippen LogP contribution in [0.5, 0.6) is 0 Å². The molecule has 0 radical (unpaired) electrons. The molecule has 1 amide bonds. The van der Waals surface area contributed by atoms with Crippen LogP contribution in [0.3, 0.4) is 0 Å². The first-order valence-electron chi connectivity index (χ1n) is 8.45. The maximum Gasteiger partial charge on any atom is 0.236 e. The highest BCUT2D eigenvalue weighted by Gasteiger charge is 2.27. The van der Waals surface area contributed by atoms with Crippen molar-refractivity contribution in [3.05, 3.63) is 42.2 Å². The quantitative estimate of drug-likeness (QED) is 0.459. The molecule has 0 aromatic carbocycles. The molecule has 10 heteroatoms. The van der Waals surface area contributed by atoms with Crippen molar-refractivity contribution < 1.29 is 4.79 Å². The number of nitrogens with one attached hydrogen (secondary N) is 1. The third-order valence-electron chi connectivity index (χ3n) is 3.89. The molecule has 4 rings (SSSR count). The summed E-state index contributed by atoms with van der Waals surface area (Å²) in [5.74, 6) is 1.30. The van der Waals surface area contributed by atoms with Crippen LogP contribution < -0.4 is 5.32 Å². The van der Waals surface area contributed by atoms with Crippen LogP contribution in [0.15, 0.2) is 42.3 Å². The van der Waals surface area contributed by atoms with Crippen LogP contribution in [0, 0.1) is 0 Å². The van der Waals surface area contributed by atoms with Crippen molar-refractivity contribution in [2.24, 2.45) is 0 Å². The highest BCUT2D eigenvalue weighted by molar-refractivity contribution is 7.99. The zero-order valence-corrected chi connectivity index (χ0v) is 16.0. The van der Waals surface area contributed by atoms with Crippen LogP contribution >= 0.6 is 23.1 Å². The number of aromatic nitrogens is 6. The maximum atomic E-state index is 12.2. The Hall–Kier alpha value is -2.59. The topological polar surface area (TPSA) is 98.5 Å². The molecule has 1 aliphatic rings. The van der Waals surface area contributed by atoms with E-state index in [0.717, 1.165) is 23.4 Å². The number of hydrogen-bond donors (Lipinski definition) is 1. The smallest absolute Gasteiger partial charge is 0.236 e. The van der Waals surface area contributed by atoms with Gasteiger partial charge in [0, 0.05) is 30.4 Å². The molecule has 0 atom stereocenters. The zero-order valence-electron chi connectivity index (χ0n) is 14.4. The molecule has 3 heterocycles. The first-order valence-corrected chi connectivity index (χ1v) is 10.3. The Bertz CT molecular complexity index is 949. The summed E-state index contributed by atoms with van der Waals surface area (Å²) in [6.07, 6.45) is 7.54. The van der Waals surface area contributed by atoms with Gasteiger partial charge in [-0.3, -0.25) is 19.7 Å². The Morgan fingerprint density at radius 2 is 2.26 bits per heavy atom. The summed E-state index contributed by atoms with van der Waals surface area (Å²) in [6, 6.07) is 3.77. The fourth-order valence-electron chi connectivity index (χ4n) is 2.46. The van der Waals surface area contributed by atoms with E-state index in [9.17, 15) is 4.79 Å². The molecule has 1 fully saturated rings. The lowest BCUT2D eigenvalue weighted by atomic mass is 10.3. The van der Waals surface area contributed by atoms with E-state index in [1.54, 1.807) is 18.5 Å². The lowest BCUT2D eigenvalue weighted by Crippen LogP contribution is -2.14. The van der Waals surface area contributed by atoms with Gasteiger partial charge in [-0.2, -0.15) is 0 Å². The Labute approximate surface area is 164 Å². The van der Waals surface area contributed by atoms with Gasteiger partial charge in [0.2, 0.25) is 11.0 Å². The molecule has 1 aliphatic carbocycles. The average molecular weight is 400 g/mol. The lowest BCUT2D eigenvalue weighted by Gasteiger charge is -2.07. The summed E-state index contributed by atoms with van der Waals surface area (Å²) in [5.41, 5.74) is 0.865. The van der Waals surface area contributed by atoms with E-state index in [-0.39, 0.29) is 11.7 Å². The predicted octanol–water partition coefficient (Wildman–Crippen LogP) is 2.99. The second-order valence-corrected chi connectivity index (χ2v) is 7.96. The van der Waals surface area contributed by atoms with Crippen LogP contribution in [-0.4, -0.2) is 41.6 Å². The van der Waals surface area contributed by atoms with Crippen molar-refractivity contribution in [2.45, 2.75) is 30.5 Å². The highest BCUT2D eigenvalue weighted by Crippen LogP contribution is 2.42. The second kappa shape index (κ2) is 7.97. The van der Waals surface area contributed by atoms with Crippen molar-refractivity contribution in [3.8, 4) is 11.4 Å². The number of allylic oxidation sites excluding steroid dienone is 1. The normalized spacial score (nSPS) is 13.5. The fourth-order valence-corrected chi connectivity index (χ4v) is 4.14. The number of rotatable bonds is 8. The molecule has 3 aromatic rings. The Kier molecular flexibility index (Phi) is 5.26. The number of carbonyl (C=O) groups is 1. The maximum absolute atomic E-state index is 12.2. The van der Waals surface area contributed by atoms with Gasteiger partial charge in [-0.1, -0.05) is 29.2 Å². The van der Waals surface area contributed by atoms with E-state index in [2.05, 4.69) is 37.3 Å². The van der Waals surface area contributed by atoms with E-state index < -0.39 is 0 Å². The number of amides is 1. The third kappa shape index (κ3) is 4.22. The van der Waals surface area contributed by atoms with Crippen LogP contribution in [-0.2, 0) is 11.3 Å². The molecule has 0 unspecified atom stereocenters. The van der Waals surface area contributed by atoms with E-state index in [4.69, 9.17) is 0 Å². The summed E-state index contributed by atoms with van der Waals surface area (Å²) in [7, 11) is 0. The van der Waals surface area contributed by atoms with E-state index in [1.165, 1.54) is 23.1 Å². The van der Waals surface area contributed by atoms with Gasteiger partial charge in [-0.25, -0.2) is 0 Å². The molecular formula is C17H17N7OS2. The number of pyridine rings is 1. The van der Waals surface area contributed by atoms with Crippen LogP contribution in [0.2, 0.25) is 0 Å². The molecule has 0 bridgehead atoms. The first-order chi connectivity index (χ1) is 13.2. The Morgan fingerprint density at radius 1 is 1.37 bits per heavy atom. The number of carbonyl (C=O) groups excluding carboxylic acids is 1. The van der Waals surface area contributed by atoms with Gasteiger partial charge >= 0.3 is 0 Å². The summed E-state index contributed by atoms with van der Waals surface area (Å²) in [6.45, 7) is 4.33.